The maximum absolute atomic E-state index is 12.9. The van der Waals surface area contributed by atoms with Crippen molar-refractivity contribution in [2.45, 2.75) is 20.0 Å². The van der Waals surface area contributed by atoms with Crippen LogP contribution in [0, 0.1) is 5.92 Å². The maximum Gasteiger partial charge on any atom is 0.416 e. The van der Waals surface area contributed by atoms with E-state index < -0.39 is 11.7 Å². The molecule has 8 heteroatoms. The highest BCUT2D eigenvalue weighted by atomic mass is 32.1. The fraction of sp³-hybridized carbons (Fsp3) is 0.444. The van der Waals surface area contributed by atoms with Crippen LogP contribution < -0.4 is 4.90 Å². The summed E-state index contributed by atoms with van der Waals surface area (Å²) in [6.45, 7) is 6.39. The molecule has 1 aliphatic rings. The van der Waals surface area contributed by atoms with Crippen molar-refractivity contribution < 1.29 is 18.0 Å². The lowest BCUT2D eigenvalue weighted by Gasteiger charge is -2.35. The molecule has 2 aromatic rings. The SMILES string of the molecule is CC(C)C(=O)N1CCN(c2nc(-c3cccc(C(F)(F)F)c3)cs2)CC1. The van der Waals surface area contributed by atoms with Crippen molar-refractivity contribution in [1.29, 1.82) is 0 Å². The normalized spacial score (nSPS) is 15.6. The van der Waals surface area contributed by atoms with Gasteiger partial charge in [0.05, 0.1) is 11.3 Å². The number of benzene rings is 1. The summed E-state index contributed by atoms with van der Waals surface area (Å²) in [6, 6.07) is 5.21. The molecule has 0 saturated carbocycles. The van der Waals surface area contributed by atoms with Crippen LogP contribution in [-0.2, 0) is 11.0 Å². The molecule has 0 bridgehead atoms. The number of aromatic nitrogens is 1. The van der Waals surface area contributed by atoms with Crippen LogP contribution >= 0.6 is 11.3 Å². The second kappa shape index (κ2) is 7.26. The van der Waals surface area contributed by atoms with Crippen molar-refractivity contribution >= 4 is 22.4 Å². The minimum atomic E-state index is -4.37. The van der Waals surface area contributed by atoms with Gasteiger partial charge in [0, 0.05) is 43.0 Å². The zero-order valence-electron chi connectivity index (χ0n) is 14.6. The van der Waals surface area contributed by atoms with Crippen molar-refractivity contribution in [2.75, 3.05) is 31.1 Å². The molecule has 3 rings (SSSR count). The van der Waals surface area contributed by atoms with E-state index in [1.807, 2.05) is 18.7 Å². The van der Waals surface area contributed by atoms with Crippen molar-refractivity contribution in [3.05, 3.63) is 35.2 Å². The molecule has 1 saturated heterocycles. The van der Waals surface area contributed by atoms with Gasteiger partial charge < -0.3 is 9.80 Å². The molecule has 0 N–H and O–H groups in total. The number of hydrogen-bond acceptors (Lipinski definition) is 4. The fourth-order valence-electron chi connectivity index (χ4n) is 2.88. The van der Waals surface area contributed by atoms with Gasteiger partial charge in [0.15, 0.2) is 5.13 Å². The summed E-state index contributed by atoms with van der Waals surface area (Å²) in [7, 11) is 0. The van der Waals surface area contributed by atoms with Gasteiger partial charge >= 0.3 is 6.18 Å². The van der Waals surface area contributed by atoms with Crippen molar-refractivity contribution in [2.24, 2.45) is 5.92 Å². The molecule has 1 fully saturated rings. The van der Waals surface area contributed by atoms with Crippen LogP contribution in [0.5, 0.6) is 0 Å². The Morgan fingerprint density at radius 1 is 1.19 bits per heavy atom. The maximum atomic E-state index is 12.9. The molecule has 1 aromatic carbocycles. The van der Waals surface area contributed by atoms with Crippen molar-refractivity contribution in [3.63, 3.8) is 0 Å². The van der Waals surface area contributed by atoms with E-state index in [0.29, 0.717) is 37.4 Å². The van der Waals surface area contributed by atoms with E-state index in [9.17, 15) is 18.0 Å². The highest BCUT2D eigenvalue weighted by Gasteiger charge is 2.30. The fourth-order valence-corrected chi connectivity index (χ4v) is 3.77. The van der Waals surface area contributed by atoms with Crippen LogP contribution in [-0.4, -0.2) is 42.0 Å². The number of halogens is 3. The van der Waals surface area contributed by atoms with Gasteiger partial charge in [-0.1, -0.05) is 26.0 Å². The number of anilines is 1. The third-order valence-electron chi connectivity index (χ3n) is 4.33. The highest BCUT2D eigenvalue weighted by Crippen LogP contribution is 2.33. The number of nitrogens with zero attached hydrogens (tertiary/aromatic N) is 3. The molecule has 4 nitrogen and oxygen atoms in total. The number of thiazole rings is 1. The predicted molar refractivity (Wildman–Crippen MR) is 96.2 cm³/mol. The van der Waals surface area contributed by atoms with Crippen LogP contribution in [0.3, 0.4) is 0 Å². The van der Waals surface area contributed by atoms with Gasteiger partial charge in [0.25, 0.3) is 0 Å². The Kier molecular flexibility index (Phi) is 5.22. The molecule has 0 radical (unpaired) electrons. The summed E-state index contributed by atoms with van der Waals surface area (Å²) < 4.78 is 38.6. The second-order valence-electron chi connectivity index (χ2n) is 6.56. The molecule has 1 aromatic heterocycles. The first-order chi connectivity index (χ1) is 12.3. The van der Waals surface area contributed by atoms with E-state index in [0.717, 1.165) is 17.3 Å². The molecular weight excluding hydrogens is 363 g/mol. The average molecular weight is 383 g/mol. The molecule has 1 amide bonds. The molecule has 0 spiro atoms. The lowest BCUT2D eigenvalue weighted by molar-refractivity contribution is -0.137. The summed E-state index contributed by atoms with van der Waals surface area (Å²) in [5.41, 5.74) is 0.318. The van der Waals surface area contributed by atoms with E-state index in [4.69, 9.17) is 0 Å². The third-order valence-corrected chi connectivity index (χ3v) is 5.23. The highest BCUT2D eigenvalue weighted by molar-refractivity contribution is 7.14. The van der Waals surface area contributed by atoms with Gasteiger partial charge in [-0.05, 0) is 12.1 Å². The average Bonchev–Trinajstić information content (AvgIpc) is 3.10. The molecule has 1 aliphatic heterocycles. The first-order valence-electron chi connectivity index (χ1n) is 8.42. The Labute approximate surface area is 154 Å². The Balaban J connectivity index is 1.71. The number of carbonyl (C=O) groups is 1. The number of rotatable bonds is 3. The smallest absolute Gasteiger partial charge is 0.345 e. The standard InChI is InChI=1S/C18H20F3N3OS/c1-12(2)16(25)23-6-8-24(9-7-23)17-22-15(11-26-17)13-4-3-5-14(10-13)18(19,20)21/h3-5,10-12H,6-9H2,1-2H3. The van der Waals surface area contributed by atoms with Gasteiger partial charge in [0.1, 0.15) is 0 Å². The van der Waals surface area contributed by atoms with Crippen LogP contribution in [0.4, 0.5) is 18.3 Å². The molecule has 2 heterocycles. The first kappa shape index (κ1) is 18.7. The van der Waals surface area contributed by atoms with Crippen LogP contribution in [0.25, 0.3) is 11.3 Å². The summed E-state index contributed by atoms with van der Waals surface area (Å²) in [5.74, 6) is 0.127. The van der Waals surface area contributed by atoms with Gasteiger partial charge in [-0.2, -0.15) is 13.2 Å². The minimum absolute atomic E-state index is 0.0195. The van der Waals surface area contributed by atoms with Gasteiger partial charge in [-0.3, -0.25) is 4.79 Å². The zero-order chi connectivity index (χ0) is 18.9. The van der Waals surface area contributed by atoms with Crippen LogP contribution in [0.2, 0.25) is 0 Å². The third kappa shape index (κ3) is 4.00. The molecule has 0 aliphatic carbocycles. The predicted octanol–water partition coefficient (Wildman–Crippen LogP) is 4.13. The number of amides is 1. The Morgan fingerprint density at radius 3 is 2.50 bits per heavy atom. The molecule has 0 atom stereocenters. The second-order valence-corrected chi connectivity index (χ2v) is 7.40. The van der Waals surface area contributed by atoms with Gasteiger partial charge in [-0.25, -0.2) is 4.98 Å². The summed E-state index contributed by atoms with van der Waals surface area (Å²) in [4.78, 5) is 20.5. The first-order valence-corrected chi connectivity index (χ1v) is 9.30. The number of hydrogen-bond donors (Lipinski definition) is 0. The van der Waals surface area contributed by atoms with Gasteiger partial charge in [-0.15, -0.1) is 11.3 Å². The Hall–Kier alpha value is -2.09. The molecule has 26 heavy (non-hydrogen) atoms. The monoisotopic (exact) mass is 383 g/mol. The van der Waals surface area contributed by atoms with Crippen LogP contribution in [0.15, 0.2) is 29.6 Å². The molecular formula is C18H20F3N3OS. The number of alkyl halides is 3. The minimum Gasteiger partial charge on any atom is -0.345 e. The summed E-state index contributed by atoms with van der Waals surface area (Å²) in [5, 5.41) is 2.55. The number of carbonyl (C=O) groups excluding carboxylic acids is 1. The zero-order valence-corrected chi connectivity index (χ0v) is 15.4. The molecule has 140 valence electrons. The quantitative estimate of drug-likeness (QED) is 0.800. The van der Waals surface area contributed by atoms with E-state index in [1.165, 1.54) is 17.4 Å². The van der Waals surface area contributed by atoms with E-state index in [-0.39, 0.29) is 11.8 Å². The van der Waals surface area contributed by atoms with E-state index in [2.05, 4.69) is 9.88 Å². The van der Waals surface area contributed by atoms with E-state index >= 15 is 0 Å². The lowest BCUT2D eigenvalue weighted by atomic mass is 10.1. The topological polar surface area (TPSA) is 36.4 Å². The summed E-state index contributed by atoms with van der Waals surface area (Å²) in [6.07, 6.45) is -4.37. The van der Waals surface area contributed by atoms with Crippen molar-refractivity contribution in [1.82, 2.24) is 9.88 Å². The van der Waals surface area contributed by atoms with Crippen molar-refractivity contribution in [3.8, 4) is 11.3 Å². The van der Waals surface area contributed by atoms with Gasteiger partial charge in [0.2, 0.25) is 5.91 Å². The Morgan fingerprint density at radius 2 is 1.88 bits per heavy atom. The summed E-state index contributed by atoms with van der Waals surface area (Å²) >= 11 is 1.41. The number of piperazine rings is 1. The largest absolute Gasteiger partial charge is 0.416 e. The lowest BCUT2D eigenvalue weighted by Crippen LogP contribution is -2.49. The Bertz CT molecular complexity index is 780. The van der Waals surface area contributed by atoms with E-state index in [1.54, 1.807) is 11.4 Å². The molecule has 0 unspecified atom stereocenters. The van der Waals surface area contributed by atoms with Crippen LogP contribution in [0.1, 0.15) is 19.4 Å².